The highest BCUT2D eigenvalue weighted by molar-refractivity contribution is 7.99. The quantitative estimate of drug-likeness (QED) is 0.398. The number of thioether (sulfide) groups is 1. The van der Waals surface area contributed by atoms with Crippen LogP contribution in [0.25, 0.3) is 22.4 Å². The van der Waals surface area contributed by atoms with Crippen LogP contribution in [0.15, 0.2) is 64.4 Å². The zero-order chi connectivity index (χ0) is 20.2. The summed E-state index contributed by atoms with van der Waals surface area (Å²) in [7, 11) is 0. The van der Waals surface area contributed by atoms with Gasteiger partial charge in [0.25, 0.3) is 11.1 Å². The molecule has 0 aliphatic rings. The summed E-state index contributed by atoms with van der Waals surface area (Å²) in [5.74, 6) is 0.920. The van der Waals surface area contributed by atoms with E-state index in [4.69, 9.17) is 4.42 Å². The van der Waals surface area contributed by atoms with Gasteiger partial charge < -0.3 is 14.7 Å². The monoisotopic (exact) mass is 406 g/mol. The molecule has 0 aliphatic carbocycles. The van der Waals surface area contributed by atoms with Gasteiger partial charge >= 0.3 is 0 Å². The Kier molecular flexibility index (Phi) is 5.67. The molecule has 29 heavy (non-hydrogen) atoms. The van der Waals surface area contributed by atoms with E-state index in [1.165, 1.54) is 11.8 Å². The van der Waals surface area contributed by atoms with Crippen LogP contribution in [0.2, 0.25) is 0 Å². The molecule has 0 bridgehead atoms. The molecule has 0 saturated carbocycles. The second kappa shape index (κ2) is 8.53. The van der Waals surface area contributed by atoms with E-state index in [0.717, 1.165) is 34.1 Å². The molecule has 148 valence electrons. The number of hydrogen-bond donors (Lipinski definition) is 2. The average molecular weight is 407 g/mol. The fraction of sp³-hybridized carbons (Fsp3) is 0.227. The van der Waals surface area contributed by atoms with Crippen LogP contribution in [0.3, 0.4) is 0 Å². The van der Waals surface area contributed by atoms with E-state index in [9.17, 15) is 4.79 Å². The molecule has 2 aromatic carbocycles. The van der Waals surface area contributed by atoms with Gasteiger partial charge in [-0.1, -0.05) is 62.0 Å². The second-order valence-electron chi connectivity index (χ2n) is 6.85. The Morgan fingerprint density at radius 3 is 2.83 bits per heavy atom. The minimum Gasteiger partial charge on any atom is -0.411 e. The number of amides is 1. The Morgan fingerprint density at radius 1 is 1.17 bits per heavy atom. The van der Waals surface area contributed by atoms with Crippen molar-refractivity contribution in [1.82, 2.24) is 15.2 Å². The van der Waals surface area contributed by atoms with Gasteiger partial charge in [0.15, 0.2) is 0 Å². The van der Waals surface area contributed by atoms with Crippen LogP contribution in [-0.2, 0) is 4.79 Å². The number of aromatic amines is 1. The van der Waals surface area contributed by atoms with Gasteiger partial charge in [0, 0.05) is 22.8 Å². The van der Waals surface area contributed by atoms with Crippen LogP contribution in [0.5, 0.6) is 0 Å². The zero-order valence-electron chi connectivity index (χ0n) is 16.3. The number of benzene rings is 2. The summed E-state index contributed by atoms with van der Waals surface area (Å²) < 4.78 is 5.76. The number of nitrogens with one attached hydrogen (secondary N) is 2. The molecule has 0 radical (unpaired) electrons. The smallest absolute Gasteiger partial charge is 0.277 e. The molecule has 0 fully saturated rings. The minimum atomic E-state index is -0.0994. The fourth-order valence-electron chi connectivity index (χ4n) is 3.20. The highest BCUT2D eigenvalue weighted by atomic mass is 32.2. The number of H-pyrrole nitrogens is 1. The molecule has 0 unspecified atom stereocenters. The minimum absolute atomic E-state index is 0.0994. The van der Waals surface area contributed by atoms with Crippen molar-refractivity contribution >= 4 is 34.3 Å². The van der Waals surface area contributed by atoms with Gasteiger partial charge in [0.2, 0.25) is 5.91 Å². The Balaban J connectivity index is 1.41. The molecule has 7 heteroatoms. The number of anilines is 1. The maximum Gasteiger partial charge on any atom is 0.277 e. The van der Waals surface area contributed by atoms with Crippen LogP contribution >= 0.6 is 11.8 Å². The first-order valence-electron chi connectivity index (χ1n) is 9.57. The number of fused-ring (bicyclic) bond motifs is 1. The molecule has 2 heterocycles. The fourth-order valence-corrected chi connectivity index (χ4v) is 3.76. The number of carbonyl (C=O) groups is 1. The number of carbonyl (C=O) groups excluding carboxylic acids is 1. The molecule has 0 saturated heterocycles. The van der Waals surface area contributed by atoms with Crippen molar-refractivity contribution in [2.75, 3.05) is 11.1 Å². The lowest BCUT2D eigenvalue weighted by atomic mass is 9.97. The van der Waals surface area contributed by atoms with Gasteiger partial charge in [-0.15, -0.1) is 10.2 Å². The predicted molar refractivity (Wildman–Crippen MR) is 116 cm³/mol. The SMILES string of the molecule is CC[C@@H](C)c1ccccc1NC(=O)CSc1nnc(-c2c[nH]c3ccccc23)o1. The van der Waals surface area contributed by atoms with Gasteiger partial charge in [-0.3, -0.25) is 4.79 Å². The number of nitrogens with zero attached hydrogens (tertiary/aromatic N) is 2. The van der Waals surface area contributed by atoms with Crippen molar-refractivity contribution < 1.29 is 9.21 Å². The first kappa shape index (κ1) is 19.3. The topological polar surface area (TPSA) is 83.8 Å². The van der Waals surface area contributed by atoms with Crippen LogP contribution in [0, 0.1) is 0 Å². The van der Waals surface area contributed by atoms with Crippen molar-refractivity contribution in [3.8, 4) is 11.5 Å². The number of para-hydroxylation sites is 2. The van der Waals surface area contributed by atoms with Crippen LogP contribution in [-0.4, -0.2) is 26.8 Å². The van der Waals surface area contributed by atoms with Crippen molar-refractivity contribution in [2.24, 2.45) is 0 Å². The molecule has 2 aromatic heterocycles. The maximum atomic E-state index is 12.4. The summed E-state index contributed by atoms with van der Waals surface area (Å²) in [6.07, 6.45) is 2.87. The Hall–Kier alpha value is -3.06. The van der Waals surface area contributed by atoms with E-state index in [1.807, 2.05) is 48.7 Å². The van der Waals surface area contributed by atoms with E-state index in [0.29, 0.717) is 17.0 Å². The van der Waals surface area contributed by atoms with Gasteiger partial charge in [0.05, 0.1) is 11.3 Å². The molecule has 1 atom stereocenters. The highest BCUT2D eigenvalue weighted by Gasteiger charge is 2.15. The summed E-state index contributed by atoms with van der Waals surface area (Å²) in [4.78, 5) is 15.6. The van der Waals surface area contributed by atoms with Crippen LogP contribution in [0.1, 0.15) is 31.7 Å². The lowest BCUT2D eigenvalue weighted by Gasteiger charge is -2.15. The zero-order valence-corrected chi connectivity index (χ0v) is 17.1. The second-order valence-corrected chi connectivity index (χ2v) is 7.78. The van der Waals surface area contributed by atoms with Gasteiger partial charge in [-0.25, -0.2) is 0 Å². The normalized spacial score (nSPS) is 12.2. The number of aromatic nitrogens is 3. The Bertz CT molecular complexity index is 1130. The summed E-state index contributed by atoms with van der Waals surface area (Å²) in [6.45, 7) is 4.30. The largest absolute Gasteiger partial charge is 0.411 e. The maximum absolute atomic E-state index is 12.4. The third kappa shape index (κ3) is 4.19. The number of rotatable bonds is 7. The molecule has 2 N–H and O–H groups in total. The van der Waals surface area contributed by atoms with Crippen LogP contribution < -0.4 is 5.32 Å². The Labute approximate surface area is 173 Å². The molecular weight excluding hydrogens is 384 g/mol. The third-order valence-corrected chi connectivity index (χ3v) is 5.75. The lowest BCUT2D eigenvalue weighted by Crippen LogP contribution is -2.15. The van der Waals surface area contributed by atoms with Gasteiger partial charge in [-0.2, -0.15) is 0 Å². The third-order valence-electron chi connectivity index (χ3n) is 4.93. The first-order chi connectivity index (χ1) is 14.2. The van der Waals surface area contributed by atoms with E-state index >= 15 is 0 Å². The van der Waals surface area contributed by atoms with Crippen molar-refractivity contribution in [3.05, 3.63) is 60.3 Å². The van der Waals surface area contributed by atoms with E-state index in [2.05, 4.69) is 40.4 Å². The van der Waals surface area contributed by atoms with Gasteiger partial charge in [0.1, 0.15) is 0 Å². The summed E-state index contributed by atoms with van der Waals surface area (Å²) in [5, 5.41) is 12.6. The average Bonchev–Trinajstić information content (AvgIpc) is 3.39. The van der Waals surface area contributed by atoms with E-state index < -0.39 is 0 Å². The van der Waals surface area contributed by atoms with Crippen molar-refractivity contribution in [2.45, 2.75) is 31.4 Å². The molecule has 4 rings (SSSR count). The van der Waals surface area contributed by atoms with Crippen LogP contribution in [0.4, 0.5) is 5.69 Å². The van der Waals surface area contributed by atoms with E-state index in [1.54, 1.807) is 0 Å². The molecular formula is C22H22N4O2S. The summed E-state index contributed by atoms with van der Waals surface area (Å²) in [5.41, 5.74) is 3.87. The lowest BCUT2D eigenvalue weighted by molar-refractivity contribution is -0.113. The summed E-state index contributed by atoms with van der Waals surface area (Å²) in [6, 6.07) is 15.8. The van der Waals surface area contributed by atoms with Crippen molar-refractivity contribution in [1.29, 1.82) is 0 Å². The first-order valence-corrected chi connectivity index (χ1v) is 10.6. The summed E-state index contributed by atoms with van der Waals surface area (Å²) >= 11 is 1.23. The Morgan fingerprint density at radius 2 is 1.97 bits per heavy atom. The molecule has 1 amide bonds. The standard InChI is InChI=1S/C22H22N4O2S/c1-3-14(2)15-8-4-7-11-19(15)24-20(27)13-29-22-26-25-21(28-22)17-12-23-18-10-6-5-9-16(17)18/h4-12,14,23H,3,13H2,1-2H3,(H,24,27)/t14-/m1/s1. The van der Waals surface area contributed by atoms with Gasteiger partial charge in [-0.05, 0) is 30.0 Å². The van der Waals surface area contributed by atoms with Crippen molar-refractivity contribution in [3.63, 3.8) is 0 Å². The molecule has 0 aliphatic heterocycles. The molecule has 4 aromatic rings. The highest BCUT2D eigenvalue weighted by Crippen LogP contribution is 2.30. The van der Waals surface area contributed by atoms with E-state index in [-0.39, 0.29) is 11.7 Å². The molecule has 0 spiro atoms. The predicted octanol–water partition coefficient (Wildman–Crippen LogP) is 5.46. The number of hydrogen-bond acceptors (Lipinski definition) is 5. The molecule has 6 nitrogen and oxygen atoms in total.